The molecule has 0 radical (unpaired) electrons. The third-order valence-corrected chi connectivity index (χ3v) is 6.37. The van der Waals surface area contributed by atoms with Crippen LogP contribution in [0.4, 0.5) is 20.7 Å². The summed E-state index contributed by atoms with van der Waals surface area (Å²) in [6.07, 6.45) is 3.00. The van der Waals surface area contributed by atoms with E-state index in [0.29, 0.717) is 58.1 Å². The zero-order valence-corrected chi connectivity index (χ0v) is 24.6. The summed E-state index contributed by atoms with van der Waals surface area (Å²) in [7, 11) is 0. The summed E-state index contributed by atoms with van der Waals surface area (Å²) in [5.41, 5.74) is 14.8. The van der Waals surface area contributed by atoms with Crippen molar-refractivity contribution in [3.8, 4) is 34.3 Å². The third kappa shape index (κ3) is 6.61. The molecule has 0 bridgehead atoms. The van der Waals surface area contributed by atoms with Gasteiger partial charge >= 0.3 is 0 Å². The molecule has 0 aliphatic rings. The zero-order chi connectivity index (χ0) is 31.4. The van der Waals surface area contributed by atoms with Crippen LogP contribution in [0.2, 0.25) is 10.0 Å². The Bertz CT molecular complexity index is 2000. The number of ether oxygens (including phenoxy) is 2. The van der Waals surface area contributed by atoms with Crippen molar-refractivity contribution in [1.82, 2.24) is 39.9 Å². The van der Waals surface area contributed by atoms with Crippen LogP contribution in [0.3, 0.4) is 0 Å². The predicted octanol–water partition coefficient (Wildman–Crippen LogP) is 5.72. The first-order valence-electron chi connectivity index (χ1n) is 12.9. The summed E-state index contributed by atoms with van der Waals surface area (Å²) in [6, 6.07) is 8.36. The lowest BCUT2D eigenvalue weighted by Crippen LogP contribution is -2.04. The van der Waals surface area contributed by atoms with Gasteiger partial charge in [-0.25, -0.2) is 28.7 Å². The average Bonchev–Trinajstić information content (AvgIpc) is 2.99. The number of benzene rings is 2. The van der Waals surface area contributed by atoms with Gasteiger partial charge in [-0.3, -0.25) is 0 Å². The van der Waals surface area contributed by atoms with E-state index in [1.807, 2.05) is 13.8 Å². The highest BCUT2D eigenvalue weighted by atomic mass is 35.5. The van der Waals surface area contributed by atoms with Crippen LogP contribution in [0.25, 0.3) is 44.8 Å². The predicted molar refractivity (Wildman–Crippen MR) is 162 cm³/mol. The fourth-order valence-electron chi connectivity index (χ4n) is 3.89. The number of rotatable bonds is 6. The van der Waals surface area contributed by atoms with Crippen molar-refractivity contribution < 1.29 is 18.3 Å². The SMILES string of the molecule is CCOc1nc(N)nc2ncc(-c3ccc(F)c(Cl)c3)nc12.CCOc1nc(N)nc2ncc(-c3ccc(F)cc3Cl)nc12. The highest BCUT2D eigenvalue weighted by molar-refractivity contribution is 6.33. The first-order valence-corrected chi connectivity index (χ1v) is 13.7. The summed E-state index contributed by atoms with van der Waals surface area (Å²) in [6.45, 7) is 4.44. The zero-order valence-electron chi connectivity index (χ0n) is 23.1. The van der Waals surface area contributed by atoms with Crippen LogP contribution < -0.4 is 20.9 Å². The molecule has 6 aromatic rings. The first-order chi connectivity index (χ1) is 21.2. The highest BCUT2D eigenvalue weighted by Gasteiger charge is 2.15. The molecule has 0 amide bonds. The number of nitrogens with zero attached hydrogens (tertiary/aromatic N) is 8. The van der Waals surface area contributed by atoms with E-state index < -0.39 is 11.6 Å². The maximum Gasteiger partial charge on any atom is 0.247 e. The van der Waals surface area contributed by atoms with E-state index in [1.165, 1.54) is 42.7 Å². The fraction of sp³-hybridized carbons (Fsp3) is 0.143. The van der Waals surface area contributed by atoms with Crippen LogP contribution in [0, 0.1) is 11.6 Å². The van der Waals surface area contributed by atoms with Gasteiger partial charge in [-0.2, -0.15) is 19.9 Å². The van der Waals surface area contributed by atoms with Crippen LogP contribution in [-0.2, 0) is 0 Å². The molecule has 0 fully saturated rings. The highest BCUT2D eigenvalue weighted by Crippen LogP contribution is 2.30. The molecule has 4 N–H and O–H groups in total. The topological polar surface area (TPSA) is 174 Å². The maximum absolute atomic E-state index is 13.3. The van der Waals surface area contributed by atoms with Crippen LogP contribution >= 0.6 is 23.2 Å². The number of nitrogens with two attached hydrogens (primary N) is 2. The van der Waals surface area contributed by atoms with Gasteiger partial charge in [0.2, 0.25) is 23.7 Å². The van der Waals surface area contributed by atoms with Crippen molar-refractivity contribution in [2.24, 2.45) is 0 Å². The van der Waals surface area contributed by atoms with Crippen LogP contribution in [0.1, 0.15) is 13.8 Å². The van der Waals surface area contributed by atoms with E-state index >= 15 is 0 Å². The summed E-state index contributed by atoms with van der Waals surface area (Å²) in [4.78, 5) is 33.3. The summed E-state index contributed by atoms with van der Waals surface area (Å²) in [5, 5.41) is 0.251. The molecule has 0 atom stereocenters. The minimum absolute atomic E-state index is 0.0120. The van der Waals surface area contributed by atoms with Crippen LogP contribution in [0.15, 0.2) is 48.8 Å². The molecular formula is C28H22Cl2F2N10O2. The summed E-state index contributed by atoms with van der Waals surface area (Å²) < 4.78 is 37.2. The van der Waals surface area contributed by atoms with Crippen LogP contribution in [0.5, 0.6) is 11.8 Å². The van der Waals surface area contributed by atoms with Crippen molar-refractivity contribution in [1.29, 1.82) is 0 Å². The molecule has 0 spiro atoms. The quantitative estimate of drug-likeness (QED) is 0.227. The second kappa shape index (κ2) is 13.1. The van der Waals surface area contributed by atoms with Crippen molar-refractivity contribution in [3.63, 3.8) is 0 Å². The number of hydrogen-bond acceptors (Lipinski definition) is 12. The van der Waals surface area contributed by atoms with E-state index in [1.54, 1.807) is 6.07 Å². The summed E-state index contributed by atoms with van der Waals surface area (Å²) in [5.74, 6) is -0.301. The molecule has 0 aliphatic heterocycles. The molecule has 4 heterocycles. The van der Waals surface area contributed by atoms with Crippen molar-refractivity contribution in [3.05, 3.63) is 70.5 Å². The van der Waals surface area contributed by atoms with Gasteiger partial charge in [-0.05, 0) is 50.2 Å². The molecule has 12 nitrogen and oxygen atoms in total. The van der Waals surface area contributed by atoms with Gasteiger partial charge in [0, 0.05) is 11.1 Å². The second-order valence-corrected chi connectivity index (χ2v) is 9.56. The van der Waals surface area contributed by atoms with Crippen molar-refractivity contribution in [2.75, 3.05) is 24.7 Å². The monoisotopic (exact) mass is 638 g/mol. The van der Waals surface area contributed by atoms with E-state index in [-0.39, 0.29) is 33.7 Å². The Kier molecular flexibility index (Phi) is 9.01. The Morgan fingerprint density at radius 1 is 0.682 bits per heavy atom. The van der Waals surface area contributed by atoms with Crippen molar-refractivity contribution in [2.45, 2.75) is 13.8 Å². The fourth-order valence-corrected chi connectivity index (χ4v) is 4.34. The molecule has 44 heavy (non-hydrogen) atoms. The minimum Gasteiger partial charge on any atom is -0.476 e. The second-order valence-electron chi connectivity index (χ2n) is 8.75. The smallest absolute Gasteiger partial charge is 0.247 e. The number of anilines is 2. The van der Waals surface area contributed by atoms with E-state index in [2.05, 4.69) is 39.9 Å². The molecule has 224 valence electrons. The minimum atomic E-state index is -0.495. The number of nitrogen functional groups attached to an aromatic ring is 2. The molecule has 0 saturated heterocycles. The Balaban J connectivity index is 0.000000175. The van der Waals surface area contributed by atoms with Gasteiger partial charge in [0.25, 0.3) is 0 Å². The molecule has 6 rings (SSSR count). The Labute approximate surface area is 258 Å². The number of aromatic nitrogens is 8. The molecule has 2 aromatic carbocycles. The van der Waals surface area contributed by atoms with Gasteiger partial charge in [-0.15, -0.1) is 0 Å². The molecule has 0 aliphatic carbocycles. The van der Waals surface area contributed by atoms with Gasteiger partial charge in [-0.1, -0.05) is 23.2 Å². The number of fused-ring (bicyclic) bond motifs is 2. The maximum atomic E-state index is 13.3. The molecule has 0 saturated carbocycles. The summed E-state index contributed by atoms with van der Waals surface area (Å²) >= 11 is 11.8. The Hall–Kier alpha value is -5.08. The molecule has 0 unspecified atom stereocenters. The van der Waals surface area contributed by atoms with Gasteiger partial charge in [0.15, 0.2) is 22.3 Å². The number of halogens is 4. The normalized spacial score (nSPS) is 10.9. The largest absolute Gasteiger partial charge is 0.476 e. The first kappa shape index (κ1) is 30.4. The third-order valence-electron chi connectivity index (χ3n) is 5.77. The molecule has 16 heteroatoms. The standard InChI is InChI=1S/2C14H11ClFN5O/c1-2-22-13-11-12(20-14(17)21-13)18-6-10(19-11)7-3-4-9(16)8(15)5-7;1-2-22-13-11-12(20-14(17)21-13)18-6-10(19-11)8-4-3-7(16)5-9(8)15/h2*3-6H,2H2,1H3,(H2,17,18,20,21). The average molecular weight is 639 g/mol. The lowest BCUT2D eigenvalue weighted by molar-refractivity contribution is 0.330. The van der Waals surface area contributed by atoms with Gasteiger partial charge in [0.05, 0.1) is 47.0 Å². The van der Waals surface area contributed by atoms with Gasteiger partial charge in [0.1, 0.15) is 11.6 Å². The van der Waals surface area contributed by atoms with E-state index in [4.69, 9.17) is 44.1 Å². The lowest BCUT2D eigenvalue weighted by atomic mass is 10.1. The van der Waals surface area contributed by atoms with Crippen LogP contribution in [-0.4, -0.2) is 53.1 Å². The Morgan fingerprint density at radius 3 is 1.80 bits per heavy atom. The van der Waals surface area contributed by atoms with Crippen molar-refractivity contribution >= 4 is 57.4 Å². The lowest BCUT2D eigenvalue weighted by Gasteiger charge is -2.08. The molecule has 4 aromatic heterocycles. The number of hydrogen-bond donors (Lipinski definition) is 2. The van der Waals surface area contributed by atoms with Gasteiger partial charge < -0.3 is 20.9 Å². The molecular weight excluding hydrogens is 617 g/mol. The van der Waals surface area contributed by atoms with E-state index in [0.717, 1.165) is 0 Å². The Morgan fingerprint density at radius 2 is 1.25 bits per heavy atom. The van der Waals surface area contributed by atoms with E-state index in [9.17, 15) is 8.78 Å².